The molecule has 0 saturated carbocycles. The van der Waals surface area contributed by atoms with Crippen LogP contribution in [0.15, 0.2) is 0 Å². The monoisotopic (exact) mass is 270 g/mol. The second kappa shape index (κ2) is 8.02. The van der Waals surface area contributed by atoms with Crippen molar-refractivity contribution in [1.82, 2.24) is 9.80 Å². The van der Waals surface area contributed by atoms with E-state index in [9.17, 15) is 9.59 Å². The molecule has 0 aromatic carbocycles. The Morgan fingerprint density at radius 2 is 1.68 bits per heavy atom. The number of urea groups is 1. The molecular formula is C14H26N2O3. The fourth-order valence-electron chi connectivity index (χ4n) is 2.62. The van der Waals surface area contributed by atoms with Crippen molar-refractivity contribution in [2.24, 2.45) is 5.92 Å². The summed E-state index contributed by atoms with van der Waals surface area (Å²) in [6, 6.07) is 0.123. The summed E-state index contributed by atoms with van der Waals surface area (Å²) in [4.78, 5) is 26.8. The van der Waals surface area contributed by atoms with Gasteiger partial charge in [-0.1, -0.05) is 13.8 Å². The van der Waals surface area contributed by atoms with Gasteiger partial charge < -0.3 is 14.9 Å². The van der Waals surface area contributed by atoms with Gasteiger partial charge in [0.1, 0.15) is 0 Å². The molecule has 0 atom stereocenters. The topological polar surface area (TPSA) is 60.9 Å². The number of nitrogens with zero attached hydrogens (tertiary/aromatic N) is 2. The fraction of sp³-hybridized carbons (Fsp3) is 0.857. The van der Waals surface area contributed by atoms with E-state index in [0.717, 1.165) is 38.8 Å². The van der Waals surface area contributed by atoms with Crippen LogP contribution >= 0.6 is 0 Å². The maximum absolute atomic E-state index is 12.3. The van der Waals surface area contributed by atoms with Crippen molar-refractivity contribution >= 4 is 12.0 Å². The normalized spacial score (nSPS) is 16.4. The molecule has 0 unspecified atom stereocenters. The molecule has 0 radical (unpaired) electrons. The van der Waals surface area contributed by atoms with Gasteiger partial charge >= 0.3 is 12.0 Å². The maximum Gasteiger partial charge on any atom is 0.319 e. The zero-order valence-corrected chi connectivity index (χ0v) is 12.1. The van der Waals surface area contributed by atoms with Crippen LogP contribution in [0.3, 0.4) is 0 Å². The molecule has 5 heteroatoms. The Morgan fingerprint density at radius 3 is 2.11 bits per heavy atom. The molecular weight excluding hydrogens is 244 g/mol. The van der Waals surface area contributed by atoms with Crippen LogP contribution in [-0.2, 0) is 4.79 Å². The average molecular weight is 270 g/mol. The Kier molecular flexibility index (Phi) is 6.67. The summed E-state index contributed by atoms with van der Waals surface area (Å²) >= 11 is 0. The van der Waals surface area contributed by atoms with Gasteiger partial charge in [0, 0.05) is 32.6 Å². The Morgan fingerprint density at radius 1 is 1.16 bits per heavy atom. The van der Waals surface area contributed by atoms with Crippen LogP contribution in [0.25, 0.3) is 0 Å². The lowest BCUT2D eigenvalue weighted by molar-refractivity contribution is -0.138. The van der Waals surface area contributed by atoms with E-state index in [1.54, 1.807) is 0 Å². The molecule has 1 heterocycles. The third-order valence-corrected chi connectivity index (χ3v) is 3.61. The summed E-state index contributed by atoms with van der Waals surface area (Å²) in [6.45, 7) is 7.16. The number of piperidine rings is 1. The van der Waals surface area contributed by atoms with Crippen LogP contribution in [0.5, 0.6) is 0 Å². The smallest absolute Gasteiger partial charge is 0.319 e. The highest BCUT2D eigenvalue weighted by molar-refractivity contribution is 5.74. The fourth-order valence-corrected chi connectivity index (χ4v) is 2.62. The Balaban J connectivity index is 2.44. The number of amides is 2. The van der Waals surface area contributed by atoms with Crippen molar-refractivity contribution in [1.29, 1.82) is 0 Å². The third kappa shape index (κ3) is 5.09. The number of carbonyl (C=O) groups excluding carboxylic acids is 1. The minimum absolute atomic E-state index is 0.123. The first-order chi connectivity index (χ1) is 9.08. The highest BCUT2D eigenvalue weighted by atomic mass is 16.4. The van der Waals surface area contributed by atoms with Crippen molar-refractivity contribution in [3.8, 4) is 0 Å². The van der Waals surface area contributed by atoms with E-state index in [0.29, 0.717) is 13.1 Å². The van der Waals surface area contributed by atoms with Crippen LogP contribution in [-0.4, -0.2) is 53.1 Å². The largest absolute Gasteiger partial charge is 0.481 e. The second-order valence-electron chi connectivity index (χ2n) is 5.30. The Hall–Kier alpha value is -1.26. The summed E-state index contributed by atoms with van der Waals surface area (Å²) in [5.41, 5.74) is 0. The van der Waals surface area contributed by atoms with E-state index in [2.05, 4.69) is 13.8 Å². The number of rotatable bonds is 6. The van der Waals surface area contributed by atoms with Gasteiger partial charge in [0.15, 0.2) is 0 Å². The molecule has 0 aromatic rings. The molecule has 110 valence electrons. The minimum atomic E-state index is -0.733. The van der Waals surface area contributed by atoms with Crippen LogP contribution < -0.4 is 0 Å². The summed E-state index contributed by atoms with van der Waals surface area (Å²) < 4.78 is 0. The predicted octanol–water partition coefficient (Wildman–Crippen LogP) is 2.42. The van der Waals surface area contributed by atoms with E-state index in [-0.39, 0.29) is 18.4 Å². The van der Waals surface area contributed by atoms with Crippen molar-refractivity contribution in [3.63, 3.8) is 0 Å². The van der Waals surface area contributed by atoms with E-state index < -0.39 is 5.97 Å². The van der Waals surface area contributed by atoms with Gasteiger partial charge in [-0.25, -0.2) is 4.79 Å². The lowest BCUT2D eigenvalue weighted by atomic mass is 9.94. The molecule has 1 rings (SSSR count). The number of carboxylic acid groups (broad SMARTS) is 1. The molecule has 2 amide bonds. The molecule has 0 aliphatic carbocycles. The average Bonchev–Trinajstić information content (AvgIpc) is 2.38. The van der Waals surface area contributed by atoms with Crippen molar-refractivity contribution in [2.75, 3.05) is 26.2 Å². The highest BCUT2D eigenvalue weighted by Crippen LogP contribution is 2.21. The number of carbonyl (C=O) groups is 2. The molecule has 1 aliphatic heterocycles. The van der Waals surface area contributed by atoms with Crippen LogP contribution in [0.4, 0.5) is 4.79 Å². The number of hydrogen-bond donors (Lipinski definition) is 1. The quantitative estimate of drug-likeness (QED) is 0.806. The first-order valence-electron chi connectivity index (χ1n) is 7.34. The number of aliphatic carboxylic acids is 1. The number of carboxylic acids is 1. The minimum Gasteiger partial charge on any atom is -0.481 e. The van der Waals surface area contributed by atoms with Crippen molar-refractivity contribution in [2.45, 2.75) is 46.0 Å². The third-order valence-electron chi connectivity index (χ3n) is 3.61. The van der Waals surface area contributed by atoms with Gasteiger partial charge in [0.05, 0.1) is 0 Å². The second-order valence-corrected chi connectivity index (χ2v) is 5.30. The molecule has 1 aliphatic rings. The first kappa shape index (κ1) is 15.8. The molecule has 0 spiro atoms. The molecule has 5 nitrogen and oxygen atoms in total. The number of likely N-dealkylation sites (tertiary alicyclic amines) is 1. The van der Waals surface area contributed by atoms with Gasteiger partial charge in [0.2, 0.25) is 0 Å². The van der Waals surface area contributed by atoms with Gasteiger partial charge in [-0.05, 0) is 31.6 Å². The van der Waals surface area contributed by atoms with Crippen LogP contribution in [0.2, 0.25) is 0 Å². The van der Waals surface area contributed by atoms with Crippen LogP contribution in [0, 0.1) is 5.92 Å². The summed E-state index contributed by atoms with van der Waals surface area (Å²) in [5.74, 6) is -0.504. The van der Waals surface area contributed by atoms with Gasteiger partial charge in [0.25, 0.3) is 0 Å². The van der Waals surface area contributed by atoms with E-state index >= 15 is 0 Å². The zero-order valence-electron chi connectivity index (χ0n) is 12.1. The molecule has 1 N–H and O–H groups in total. The van der Waals surface area contributed by atoms with Gasteiger partial charge in [-0.3, -0.25) is 4.79 Å². The number of hydrogen-bond acceptors (Lipinski definition) is 2. The van der Waals surface area contributed by atoms with E-state index in [4.69, 9.17) is 5.11 Å². The predicted molar refractivity (Wildman–Crippen MR) is 74.1 cm³/mol. The van der Waals surface area contributed by atoms with Crippen molar-refractivity contribution < 1.29 is 14.7 Å². The lowest BCUT2D eigenvalue weighted by Gasteiger charge is -2.35. The molecule has 1 saturated heterocycles. The van der Waals surface area contributed by atoms with Crippen molar-refractivity contribution in [3.05, 3.63) is 0 Å². The molecule has 1 fully saturated rings. The maximum atomic E-state index is 12.3. The van der Waals surface area contributed by atoms with E-state index in [1.165, 1.54) is 0 Å². The zero-order chi connectivity index (χ0) is 14.3. The Bertz CT molecular complexity index is 293. The summed E-state index contributed by atoms with van der Waals surface area (Å²) in [7, 11) is 0. The summed E-state index contributed by atoms with van der Waals surface area (Å²) in [5, 5.41) is 8.78. The van der Waals surface area contributed by atoms with E-state index in [1.807, 2.05) is 9.80 Å². The highest BCUT2D eigenvalue weighted by Gasteiger charge is 2.26. The Labute approximate surface area is 115 Å². The molecule has 0 bridgehead atoms. The molecule has 0 aromatic heterocycles. The SMILES string of the molecule is CCCN(CCC)C(=O)N1CCC(CC(=O)O)CC1. The summed E-state index contributed by atoms with van der Waals surface area (Å²) in [6.07, 6.45) is 3.80. The lowest BCUT2D eigenvalue weighted by Crippen LogP contribution is -2.47. The first-order valence-corrected chi connectivity index (χ1v) is 7.34. The van der Waals surface area contributed by atoms with Gasteiger partial charge in [-0.2, -0.15) is 0 Å². The standard InChI is InChI=1S/C14H26N2O3/c1-3-7-15(8-4-2)14(19)16-9-5-12(6-10-16)11-13(17)18/h12H,3-11H2,1-2H3,(H,17,18). The van der Waals surface area contributed by atoms with Gasteiger partial charge in [-0.15, -0.1) is 0 Å². The molecule has 19 heavy (non-hydrogen) atoms. The van der Waals surface area contributed by atoms with Crippen LogP contribution in [0.1, 0.15) is 46.0 Å².